The van der Waals surface area contributed by atoms with Gasteiger partial charge >= 0.3 is 0 Å². The average Bonchev–Trinajstić information content (AvgIpc) is 2.37. The van der Waals surface area contributed by atoms with Gasteiger partial charge in [-0.3, -0.25) is 4.90 Å². The van der Waals surface area contributed by atoms with Crippen molar-refractivity contribution in [2.24, 2.45) is 0 Å². The highest BCUT2D eigenvalue weighted by molar-refractivity contribution is 5.14. The Balaban J connectivity index is 1.58. The predicted octanol–water partition coefficient (Wildman–Crippen LogP) is 0.681. The summed E-state index contributed by atoms with van der Waals surface area (Å²) in [6.45, 7) is 7.87. The third-order valence-corrected chi connectivity index (χ3v) is 2.99. The number of nitrogens with zero attached hydrogens (tertiary/aromatic N) is 1. The van der Waals surface area contributed by atoms with Crippen LogP contribution in [0.25, 0.3) is 0 Å². The van der Waals surface area contributed by atoms with E-state index in [-0.39, 0.29) is 0 Å². The van der Waals surface area contributed by atoms with E-state index in [1.165, 1.54) is 18.7 Å². The summed E-state index contributed by atoms with van der Waals surface area (Å²) in [4.78, 5) is 2.51. The molecular formula is C13H21N3. The summed E-state index contributed by atoms with van der Waals surface area (Å²) in [5, 5.41) is 6.86. The van der Waals surface area contributed by atoms with Crippen LogP contribution in [0.2, 0.25) is 0 Å². The minimum atomic E-state index is 0.979. The van der Waals surface area contributed by atoms with Crippen molar-refractivity contribution in [1.29, 1.82) is 0 Å². The van der Waals surface area contributed by atoms with E-state index in [4.69, 9.17) is 0 Å². The number of hydrogen-bond acceptors (Lipinski definition) is 3. The molecule has 1 aliphatic heterocycles. The zero-order chi connectivity index (χ0) is 11.1. The van der Waals surface area contributed by atoms with Gasteiger partial charge in [-0.2, -0.15) is 0 Å². The highest BCUT2D eigenvalue weighted by atomic mass is 15.2. The van der Waals surface area contributed by atoms with E-state index in [2.05, 4.69) is 45.9 Å². The van der Waals surface area contributed by atoms with Crippen LogP contribution in [0, 0.1) is 0 Å². The lowest BCUT2D eigenvalue weighted by molar-refractivity contribution is 0.241. The van der Waals surface area contributed by atoms with Crippen molar-refractivity contribution in [2.45, 2.75) is 6.54 Å². The van der Waals surface area contributed by atoms with Crippen LogP contribution in [0.4, 0.5) is 0 Å². The molecule has 1 aliphatic rings. The Kier molecular flexibility index (Phi) is 4.80. The van der Waals surface area contributed by atoms with Crippen molar-refractivity contribution >= 4 is 0 Å². The summed E-state index contributed by atoms with van der Waals surface area (Å²) < 4.78 is 0. The van der Waals surface area contributed by atoms with Gasteiger partial charge in [0, 0.05) is 45.8 Å². The molecule has 1 saturated heterocycles. The quantitative estimate of drug-likeness (QED) is 0.713. The lowest BCUT2D eigenvalue weighted by atomic mass is 10.2. The standard InChI is InChI=1S/C13H21N3/c1-2-4-13(5-3-1)12-15-8-11-16-9-6-14-7-10-16/h1-5,14-15H,6-12H2. The summed E-state index contributed by atoms with van der Waals surface area (Å²) in [6, 6.07) is 10.6. The van der Waals surface area contributed by atoms with Gasteiger partial charge in [0.1, 0.15) is 0 Å². The van der Waals surface area contributed by atoms with E-state index in [1.807, 2.05) is 0 Å². The number of benzene rings is 1. The molecule has 16 heavy (non-hydrogen) atoms. The van der Waals surface area contributed by atoms with Gasteiger partial charge in [0.25, 0.3) is 0 Å². The Morgan fingerprint density at radius 3 is 2.62 bits per heavy atom. The Labute approximate surface area is 97.8 Å². The molecule has 1 fully saturated rings. The highest BCUT2D eigenvalue weighted by Crippen LogP contribution is 1.97. The van der Waals surface area contributed by atoms with Gasteiger partial charge in [-0.15, -0.1) is 0 Å². The first-order valence-electron chi connectivity index (χ1n) is 6.13. The van der Waals surface area contributed by atoms with Crippen molar-refractivity contribution in [2.75, 3.05) is 39.3 Å². The van der Waals surface area contributed by atoms with Gasteiger partial charge in [0.15, 0.2) is 0 Å². The minimum Gasteiger partial charge on any atom is -0.314 e. The molecule has 1 heterocycles. The predicted molar refractivity (Wildman–Crippen MR) is 67.5 cm³/mol. The maximum absolute atomic E-state index is 3.49. The number of rotatable bonds is 5. The Morgan fingerprint density at radius 2 is 1.88 bits per heavy atom. The fourth-order valence-electron chi connectivity index (χ4n) is 2.00. The second kappa shape index (κ2) is 6.63. The van der Waals surface area contributed by atoms with Crippen molar-refractivity contribution in [3.63, 3.8) is 0 Å². The van der Waals surface area contributed by atoms with Crippen LogP contribution >= 0.6 is 0 Å². The lowest BCUT2D eigenvalue weighted by Gasteiger charge is -2.27. The van der Waals surface area contributed by atoms with Gasteiger partial charge in [0.05, 0.1) is 0 Å². The molecule has 0 amide bonds. The number of piperazine rings is 1. The molecule has 2 N–H and O–H groups in total. The van der Waals surface area contributed by atoms with E-state index < -0.39 is 0 Å². The van der Waals surface area contributed by atoms with Crippen LogP contribution in [-0.2, 0) is 6.54 Å². The first-order chi connectivity index (χ1) is 7.95. The molecule has 1 aromatic rings. The summed E-state index contributed by atoms with van der Waals surface area (Å²) >= 11 is 0. The smallest absolute Gasteiger partial charge is 0.0206 e. The first-order valence-corrected chi connectivity index (χ1v) is 6.13. The van der Waals surface area contributed by atoms with Gasteiger partial charge in [0.2, 0.25) is 0 Å². The van der Waals surface area contributed by atoms with Crippen molar-refractivity contribution in [1.82, 2.24) is 15.5 Å². The van der Waals surface area contributed by atoms with Crippen LogP contribution in [0.3, 0.4) is 0 Å². The number of nitrogens with one attached hydrogen (secondary N) is 2. The summed E-state index contributed by atoms with van der Waals surface area (Å²) in [6.07, 6.45) is 0. The van der Waals surface area contributed by atoms with E-state index in [0.29, 0.717) is 0 Å². The van der Waals surface area contributed by atoms with Gasteiger partial charge in [-0.1, -0.05) is 30.3 Å². The third-order valence-electron chi connectivity index (χ3n) is 2.99. The maximum atomic E-state index is 3.49. The molecule has 0 bridgehead atoms. The fraction of sp³-hybridized carbons (Fsp3) is 0.538. The second-order valence-corrected chi connectivity index (χ2v) is 4.25. The van der Waals surface area contributed by atoms with E-state index in [0.717, 1.165) is 32.7 Å². The Bertz CT molecular complexity index is 280. The topological polar surface area (TPSA) is 27.3 Å². The van der Waals surface area contributed by atoms with E-state index in [1.54, 1.807) is 0 Å². The molecular weight excluding hydrogens is 198 g/mol. The van der Waals surface area contributed by atoms with Crippen molar-refractivity contribution in [3.05, 3.63) is 35.9 Å². The first kappa shape index (κ1) is 11.6. The molecule has 0 saturated carbocycles. The Morgan fingerprint density at radius 1 is 1.12 bits per heavy atom. The molecule has 3 nitrogen and oxygen atoms in total. The highest BCUT2D eigenvalue weighted by Gasteiger charge is 2.07. The van der Waals surface area contributed by atoms with Crippen molar-refractivity contribution in [3.8, 4) is 0 Å². The molecule has 3 heteroatoms. The van der Waals surface area contributed by atoms with Gasteiger partial charge in [-0.25, -0.2) is 0 Å². The van der Waals surface area contributed by atoms with Crippen LogP contribution in [0.1, 0.15) is 5.56 Å². The maximum Gasteiger partial charge on any atom is 0.0206 e. The fourth-order valence-corrected chi connectivity index (χ4v) is 2.00. The lowest BCUT2D eigenvalue weighted by Crippen LogP contribution is -2.45. The summed E-state index contributed by atoms with van der Waals surface area (Å²) in [5.41, 5.74) is 1.36. The molecule has 1 aromatic carbocycles. The van der Waals surface area contributed by atoms with Gasteiger partial charge in [-0.05, 0) is 5.56 Å². The van der Waals surface area contributed by atoms with E-state index >= 15 is 0 Å². The Hall–Kier alpha value is -0.900. The van der Waals surface area contributed by atoms with Crippen LogP contribution in [-0.4, -0.2) is 44.2 Å². The molecule has 0 atom stereocenters. The van der Waals surface area contributed by atoms with Crippen LogP contribution < -0.4 is 10.6 Å². The largest absolute Gasteiger partial charge is 0.314 e. The normalized spacial score (nSPS) is 17.5. The summed E-state index contributed by atoms with van der Waals surface area (Å²) in [5.74, 6) is 0. The zero-order valence-electron chi connectivity index (χ0n) is 9.78. The van der Waals surface area contributed by atoms with Crippen LogP contribution in [0.5, 0.6) is 0 Å². The zero-order valence-corrected chi connectivity index (χ0v) is 9.78. The number of hydrogen-bond donors (Lipinski definition) is 2. The van der Waals surface area contributed by atoms with Crippen molar-refractivity contribution < 1.29 is 0 Å². The molecule has 0 unspecified atom stereocenters. The minimum absolute atomic E-state index is 0.979. The molecule has 0 aromatic heterocycles. The molecule has 2 rings (SSSR count). The van der Waals surface area contributed by atoms with E-state index in [9.17, 15) is 0 Å². The SMILES string of the molecule is c1ccc(CNCCN2CCNCC2)cc1. The second-order valence-electron chi connectivity index (χ2n) is 4.25. The molecule has 0 radical (unpaired) electrons. The van der Waals surface area contributed by atoms with Gasteiger partial charge < -0.3 is 10.6 Å². The summed E-state index contributed by atoms with van der Waals surface area (Å²) in [7, 11) is 0. The molecule has 0 spiro atoms. The third kappa shape index (κ3) is 3.93. The molecule has 88 valence electrons. The van der Waals surface area contributed by atoms with Crippen LogP contribution in [0.15, 0.2) is 30.3 Å². The molecule has 0 aliphatic carbocycles. The average molecular weight is 219 g/mol. The monoisotopic (exact) mass is 219 g/mol.